The molecular formula is C9H14BrNO3S2. The molecule has 1 aromatic heterocycles. The molecule has 16 heavy (non-hydrogen) atoms. The van der Waals surface area contributed by atoms with Gasteiger partial charge >= 0.3 is 0 Å². The average Bonchev–Trinajstić information content (AvgIpc) is 2.54. The van der Waals surface area contributed by atoms with E-state index in [0.717, 1.165) is 8.66 Å². The van der Waals surface area contributed by atoms with Crippen molar-refractivity contribution in [1.82, 2.24) is 4.31 Å². The van der Waals surface area contributed by atoms with Crippen LogP contribution in [-0.4, -0.2) is 40.0 Å². The van der Waals surface area contributed by atoms with E-state index in [-0.39, 0.29) is 0 Å². The zero-order valence-electron chi connectivity index (χ0n) is 9.36. The normalized spacial score (nSPS) is 12.3. The average molecular weight is 328 g/mol. The molecule has 0 aliphatic rings. The number of rotatable bonds is 5. The second-order valence-corrected chi connectivity index (χ2v) is 7.94. The second-order valence-electron chi connectivity index (χ2n) is 3.29. The Morgan fingerprint density at radius 2 is 2.19 bits per heavy atom. The quantitative estimate of drug-likeness (QED) is 0.831. The number of methoxy groups -OCH3 is 1. The molecule has 0 aliphatic heterocycles. The molecule has 1 aromatic rings. The van der Waals surface area contributed by atoms with Gasteiger partial charge in [-0.25, -0.2) is 8.42 Å². The summed E-state index contributed by atoms with van der Waals surface area (Å²) in [5.74, 6) is 0. The molecule has 0 saturated carbocycles. The zero-order chi connectivity index (χ0) is 12.3. The second kappa shape index (κ2) is 5.59. The summed E-state index contributed by atoms with van der Waals surface area (Å²) in [5.41, 5.74) is 0. The molecule has 1 rings (SSSR count). The molecule has 0 radical (unpaired) electrons. The fourth-order valence-electron chi connectivity index (χ4n) is 1.19. The van der Waals surface area contributed by atoms with Crippen LogP contribution in [0.2, 0.25) is 0 Å². The monoisotopic (exact) mass is 327 g/mol. The highest BCUT2D eigenvalue weighted by molar-refractivity contribution is 9.11. The Labute approximate surface area is 108 Å². The third-order valence-corrected chi connectivity index (χ3v) is 5.81. The lowest BCUT2D eigenvalue weighted by atomic mass is 10.5. The summed E-state index contributed by atoms with van der Waals surface area (Å²) < 4.78 is 31.2. The van der Waals surface area contributed by atoms with Gasteiger partial charge in [0, 0.05) is 25.6 Å². The van der Waals surface area contributed by atoms with Gasteiger partial charge in [-0.2, -0.15) is 4.31 Å². The van der Waals surface area contributed by atoms with E-state index in [1.165, 1.54) is 15.6 Å². The minimum absolute atomic E-state index is 0.353. The maximum absolute atomic E-state index is 12.1. The van der Waals surface area contributed by atoms with E-state index in [1.807, 2.05) is 0 Å². The Hall–Kier alpha value is 0.0500. The first-order chi connectivity index (χ1) is 7.39. The van der Waals surface area contributed by atoms with E-state index >= 15 is 0 Å². The number of halogens is 1. The molecule has 7 heteroatoms. The van der Waals surface area contributed by atoms with Gasteiger partial charge in [0.05, 0.1) is 15.3 Å². The van der Waals surface area contributed by atoms with Crippen LogP contribution >= 0.6 is 27.3 Å². The van der Waals surface area contributed by atoms with Crippen molar-refractivity contribution in [1.29, 1.82) is 0 Å². The molecule has 0 amide bonds. The van der Waals surface area contributed by atoms with E-state index in [1.54, 1.807) is 27.1 Å². The number of likely N-dealkylation sites (N-methyl/N-ethyl adjacent to an activating group) is 1. The Bertz CT molecular complexity index is 455. The van der Waals surface area contributed by atoms with Crippen LogP contribution in [-0.2, 0) is 14.8 Å². The summed E-state index contributed by atoms with van der Waals surface area (Å²) in [6, 6.07) is 1.64. The third kappa shape index (κ3) is 3.04. The fraction of sp³-hybridized carbons (Fsp3) is 0.556. The van der Waals surface area contributed by atoms with Crippen LogP contribution in [0.3, 0.4) is 0 Å². The van der Waals surface area contributed by atoms with Gasteiger partial charge in [0.2, 0.25) is 10.0 Å². The van der Waals surface area contributed by atoms with Gasteiger partial charge in [-0.15, -0.1) is 11.3 Å². The van der Waals surface area contributed by atoms with Crippen LogP contribution in [0.5, 0.6) is 0 Å². The minimum Gasteiger partial charge on any atom is -0.383 e. The SMILES string of the molecule is COCCN(C)S(=O)(=O)c1cc(Br)sc1C. The summed E-state index contributed by atoms with van der Waals surface area (Å²) in [4.78, 5) is 1.15. The number of hydrogen-bond acceptors (Lipinski definition) is 4. The van der Waals surface area contributed by atoms with Crippen LogP contribution in [0, 0.1) is 6.92 Å². The number of nitrogens with zero attached hydrogens (tertiary/aromatic N) is 1. The van der Waals surface area contributed by atoms with E-state index in [4.69, 9.17) is 4.74 Å². The highest BCUT2D eigenvalue weighted by Crippen LogP contribution is 2.30. The van der Waals surface area contributed by atoms with E-state index in [9.17, 15) is 8.42 Å². The molecule has 0 aromatic carbocycles. The summed E-state index contributed by atoms with van der Waals surface area (Å²) >= 11 is 4.71. The van der Waals surface area contributed by atoms with Crippen molar-refractivity contribution in [2.75, 3.05) is 27.3 Å². The van der Waals surface area contributed by atoms with E-state index < -0.39 is 10.0 Å². The van der Waals surface area contributed by atoms with Crippen LogP contribution in [0.25, 0.3) is 0 Å². The Kier molecular flexibility index (Phi) is 4.93. The van der Waals surface area contributed by atoms with Crippen molar-refractivity contribution in [3.63, 3.8) is 0 Å². The molecule has 0 atom stereocenters. The fourth-order valence-corrected chi connectivity index (χ4v) is 4.73. The zero-order valence-corrected chi connectivity index (χ0v) is 12.6. The molecule has 1 heterocycles. The topological polar surface area (TPSA) is 46.6 Å². The lowest BCUT2D eigenvalue weighted by Crippen LogP contribution is -2.30. The van der Waals surface area contributed by atoms with Gasteiger partial charge in [-0.1, -0.05) is 0 Å². The summed E-state index contributed by atoms with van der Waals surface area (Å²) in [7, 11) is -0.284. The molecule has 0 aliphatic carbocycles. The number of hydrogen-bond donors (Lipinski definition) is 0. The van der Waals surface area contributed by atoms with Gasteiger partial charge in [0.1, 0.15) is 0 Å². The first-order valence-electron chi connectivity index (χ1n) is 4.60. The first kappa shape index (κ1) is 14.1. The van der Waals surface area contributed by atoms with E-state index in [2.05, 4.69) is 15.9 Å². The molecule has 4 nitrogen and oxygen atoms in total. The maximum atomic E-state index is 12.1. The van der Waals surface area contributed by atoms with Crippen LogP contribution in [0.1, 0.15) is 4.88 Å². The standard InChI is InChI=1S/C9H14BrNO3S2/c1-7-8(6-9(10)15-7)16(12,13)11(2)4-5-14-3/h6H,4-5H2,1-3H3. The van der Waals surface area contributed by atoms with Crippen LogP contribution in [0.4, 0.5) is 0 Å². The molecule has 0 spiro atoms. The predicted octanol–water partition coefficient (Wildman–Crippen LogP) is 2.09. The molecule has 0 N–H and O–H groups in total. The molecule has 0 bridgehead atoms. The number of thiophene rings is 1. The highest BCUT2D eigenvalue weighted by Gasteiger charge is 2.24. The number of sulfonamides is 1. The van der Waals surface area contributed by atoms with Crippen molar-refractivity contribution in [3.05, 3.63) is 14.7 Å². The lowest BCUT2D eigenvalue weighted by Gasteiger charge is -2.16. The summed E-state index contributed by atoms with van der Waals surface area (Å²) in [6.07, 6.45) is 0. The van der Waals surface area contributed by atoms with Crippen molar-refractivity contribution >= 4 is 37.3 Å². The summed E-state index contributed by atoms with van der Waals surface area (Å²) in [5, 5.41) is 0. The third-order valence-electron chi connectivity index (χ3n) is 2.14. The first-order valence-corrected chi connectivity index (χ1v) is 7.65. The predicted molar refractivity (Wildman–Crippen MR) is 68.4 cm³/mol. The smallest absolute Gasteiger partial charge is 0.244 e. The number of ether oxygens (including phenoxy) is 1. The Balaban J connectivity index is 2.97. The number of aryl methyl sites for hydroxylation is 1. The maximum Gasteiger partial charge on any atom is 0.244 e. The summed E-state index contributed by atoms with van der Waals surface area (Å²) in [6.45, 7) is 2.54. The van der Waals surface area contributed by atoms with Gasteiger partial charge < -0.3 is 4.74 Å². The highest BCUT2D eigenvalue weighted by atomic mass is 79.9. The van der Waals surface area contributed by atoms with Crippen molar-refractivity contribution < 1.29 is 13.2 Å². The van der Waals surface area contributed by atoms with Crippen molar-refractivity contribution in [3.8, 4) is 0 Å². The van der Waals surface area contributed by atoms with Crippen molar-refractivity contribution in [2.45, 2.75) is 11.8 Å². The van der Waals surface area contributed by atoms with Crippen LogP contribution in [0.15, 0.2) is 14.7 Å². The lowest BCUT2D eigenvalue weighted by molar-refractivity contribution is 0.185. The van der Waals surface area contributed by atoms with Gasteiger partial charge in [-0.05, 0) is 28.9 Å². The van der Waals surface area contributed by atoms with E-state index in [0.29, 0.717) is 18.0 Å². The van der Waals surface area contributed by atoms with Gasteiger partial charge in [0.15, 0.2) is 0 Å². The Morgan fingerprint density at radius 3 is 2.62 bits per heavy atom. The molecular weight excluding hydrogens is 314 g/mol. The van der Waals surface area contributed by atoms with Gasteiger partial charge in [-0.3, -0.25) is 0 Å². The van der Waals surface area contributed by atoms with Crippen LogP contribution < -0.4 is 0 Å². The molecule has 92 valence electrons. The van der Waals surface area contributed by atoms with Gasteiger partial charge in [0.25, 0.3) is 0 Å². The molecule has 0 saturated heterocycles. The largest absolute Gasteiger partial charge is 0.383 e. The molecule has 0 unspecified atom stereocenters. The molecule has 0 fully saturated rings. The minimum atomic E-state index is -3.39. The van der Waals surface area contributed by atoms with Crippen molar-refractivity contribution in [2.24, 2.45) is 0 Å². The Morgan fingerprint density at radius 1 is 1.56 bits per heavy atom.